The summed E-state index contributed by atoms with van der Waals surface area (Å²) in [6.07, 6.45) is 0.419. The van der Waals surface area contributed by atoms with Crippen molar-refractivity contribution in [1.82, 2.24) is 4.98 Å². The number of aryl methyl sites for hydroxylation is 2. The van der Waals surface area contributed by atoms with Crippen LogP contribution in [0.5, 0.6) is 0 Å². The monoisotopic (exact) mass is 237 g/mol. The van der Waals surface area contributed by atoms with E-state index in [-0.39, 0.29) is 5.78 Å². The highest BCUT2D eigenvalue weighted by Crippen LogP contribution is 2.18. The van der Waals surface area contributed by atoms with Crippen molar-refractivity contribution < 1.29 is 4.79 Å². The van der Waals surface area contributed by atoms with E-state index in [0.717, 1.165) is 21.1 Å². The lowest BCUT2D eigenvalue weighted by atomic mass is 10.1. The number of carbonyl (C=O) groups excluding carboxylic acids is 1. The fourth-order valence-electron chi connectivity index (χ4n) is 1.42. The lowest BCUT2D eigenvalue weighted by Gasteiger charge is -1.96. The molecule has 0 atom stereocenters. The third-order valence-electron chi connectivity index (χ3n) is 2.17. The summed E-state index contributed by atoms with van der Waals surface area (Å²) in [6.45, 7) is 3.93. The number of thiazole rings is 1. The summed E-state index contributed by atoms with van der Waals surface area (Å²) in [5.41, 5.74) is 1.72. The minimum atomic E-state index is 0.166. The Hall–Kier alpha value is -1.00. The maximum Gasteiger partial charge on any atom is 0.169 e. The van der Waals surface area contributed by atoms with E-state index in [0.29, 0.717) is 6.42 Å². The molecule has 0 saturated carbocycles. The first-order valence-corrected chi connectivity index (χ1v) is 6.41. The molecular weight excluding hydrogens is 226 g/mol. The molecule has 0 N–H and O–H groups in total. The van der Waals surface area contributed by atoms with E-state index in [1.807, 2.05) is 30.7 Å². The third-order valence-corrected chi connectivity index (χ3v) is 3.84. The number of ketones is 1. The van der Waals surface area contributed by atoms with Gasteiger partial charge in [-0.1, -0.05) is 0 Å². The maximum absolute atomic E-state index is 11.9. The Balaban J connectivity index is 2.14. The molecule has 0 fully saturated rings. The highest BCUT2D eigenvalue weighted by molar-refractivity contribution is 7.10. The van der Waals surface area contributed by atoms with Crippen LogP contribution in [0.2, 0.25) is 0 Å². The second kappa shape index (κ2) is 4.24. The predicted octanol–water partition coefficient (Wildman–Crippen LogP) is 3.25. The molecule has 2 aromatic rings. The molecule has 0 bridgehead atoms. The molecule has 2 aromatic heterocycles. The smallest absolute Gasteiger partial charge is 0.169 e. The molecule has 0 radical (unpaired) electrons. The quantitative estimate of drug-likeness (QED) is 0.767. The number of Topliss-reactive ketones (excluding diaryl/α,β-unsaturated/α-hetero) is 1. The Morgan fingerprint density at radius 2 is 2.20 bits per heavy atom. The molecule has 4 heteroatoms. The molecular formula is C11H11NOS2. The van der Waals surface area contributed by atoms with Crippen molar-refractivity contribution in [2.45, 2.75) is 20.3 Å². The summed E-state index contributed by atoms with van der Waals surface area (Å²) in [5, 5.41) is 4.92. The van der Waals surface area contributed by atoms with Gasteiger partial charge >= 0.3 is 0 Å². The highest BCUT2D eigenvalue weighted by atomic mass is 32.1. The van der Waals surface area contributed by atoms with Gasteiger partial charge in [-0.2, -0.15) is 0 Å². The highest BCUT2D eigenvalue weighted by Gasteiger charge is 2.12. The van der Waals surface area contributed by atoms with Gasteiger partial charge in [-0.3, -0.25) is 4.79 Å². The van der Waals surface area contributed by atoms with Crippen LogP contribution in [0.4, 0.5) is 0 Å². The van der Waals surface area contributed by atoms with Crippen molar-refractivity contribution in [3.8, 4) is 0 Å². The molecule has 0 aliphatic carbocycles. The molecule has 0 aliphatic heterocycles. The van der Waals surface area contributed by atoms with E-state index in [1.165, 1.54) is 0 Å². The molecule has 0 saturated heterocycles. The summed E-state index contributed by atoms with van der Waals surface area (Å²) < 4.78 is 0. The first-order valence-electron chi connectivity index (χ1n) is 4.65. The van der Waals surface area contributed by atoms with Crippen LogP contribution in [0, 0.1) is 13.8 Å². The van der Waals surface area contributed by atoms with Gasteiger partial charge in [-0.15, -0.1) is 22.7 Å². The molecule has 0 unspecified atom stereocenters. The number of aromatic nitrogens is 1. The fraction of sp³-hybridized carbons (Fsp3) is 0.273. The van der Waals surface area contributed by atoms with E-state index in [2.05, 4.69) is 4.98 Å². The van der Waals surface area contributed by atoms with E-state index in [1.54, 1.807) is 22.7 Å². The van der Waals surface area contributed by atoms with E-state index < -0.39 is 0 Å². The normalized spacial score (nSPS) is 10.5. The number of hydrogen-bond donors (Lipinski definition) is 0. The van der Waals surface area contributed by atoms with Gasteiger partial charge in [-0.05, 0) is 25.3 Å². The van der Waals surface area contributed by atoms with Crippen molar-refractivity contribution in [1.29, 1.82) is 0 Å². The van der Waals surface area contributed by atoms with Crippen molar-refractivity contribution in [3.63, 3.8) is 0 Å². The van der Waals surface area contributed by atoms with Gasteiger partial charge in [-0.25, -0.2) is 4.98 Å². The van der Waals surface area contributed by atoms with Gasteiger partial charge in [0.05, 0.1) is 17.1 Å². The molecule has 2 nitrogen and oxygen atoms in total. The fourth-order valence-corrected chi connectivity index (χ4v) is 2.75. The zero-order chi connectivity index (χ0) is 10.8. The molecule has 2 heterocycles. The lowest BCUT2D eigenvalue weighted by Crippen LogP contribution is -2.03. The number of hydrogen-bond acceptors (Lipinski definition) is 4. The minimum absolute atomic E-state index is 0.166. The lowest BCUT2D eigenvalue weighted by molar-refractivity contribution is 0.0992. The van der Waals surface area contributed by atoms with Crippen LogP contribution in [-0.4, -0.2) is 10.8 Å². The van der Waals surface area contributed by atoms with Crippen molar-refractivity contribution >= 4 is 28.5 Å². The summed E-state index contributed by atoms with van der Waals surface area (Å²) in [7, 11) is 0. The third kappa shape index (κ3) is 2.33. The van der Waals surface area contributed by atoms with Crippen LogP contribution in [0.15, 0.2) is 16.8 Å². The largest absolute Gasteiger partial charge is 0.294 e. The van der Waals surface area contributed by atoms with Crippen LogP contribution < -0.4 is 0 Å². The summed E-state index contributed by atoms with van der Waals surface area (Å²) in [5.74, 6) is 0.166. The van der Waals surface area contributed by atoms with Gasteiger partial charge in [0.25, 0.3) is 0 Å². The van der Waals surface area contributed by atoms with E-state index >= 15 is 0 Å². The van der Waals surface area contributed by atoms with Gasteiger partial charge in [0.1, 0.15) is 0 Å². The minimum Gasteiger partial charge on any atom is -0.294 e. The molecule has 0 aromatic carbocycles. The Bertz CT molecular complexity index is 484. The Morgan fingerprint density at radius 1 is 1.40 bits per heavy atom. The van der Waals surface area contributed by atoms with Gasteiger partial charge in [0.15, 0.2) is 5.78 Å². The van der Waals surface area contributed by atoms with E-state index in [9.17, 15) is 4.79 Å². The molecule has 2 rings (SSSR count). The second-order valence-corrected chi connectivity index (χ2v) is 5.53. The Kier molecular flexibility index (Phi) is 2.98. The average Bonchev–Trinajstić information content (AvgIpc) is 2.75. The summed E-state index contributed by atoms with van der Waals surface area (Å²) >= 11 is 3.20. The molecule has 78 valence electrons. The predicted molar refractivity (Wildman–Crippen MR) is 63.9 cm³/mol. The van der Waals surface area contributed by atoms with Crippen LogP contribution in [0.25, 0.3) is 0 Å². The maximum atomic E-state index is 11.9. The van der Waals surface area contributed by atoms with Crippen molar-refractivity contribution in [2.75, 3.05) is 0 Å². The summed E-state index contributed by atoms with van der Waals surface area (Å²) in [6, 6.07) is 1.89. The molecule has 0 aliphatic rings. The zero-order valence-corrected chi connectivity index (χ0v) is 10.2. The second-order valence-electron chi connectivity index (χ2n) is 3.35. The molecule has 15 heavy (non-hydrogen) atoms. The van der Waals surface area contributed by atoms with E-state index in [4.69, 9.17) is 0 Å². The summed E-state index contributed by atoms with van der Waals surface area (Å²) in [4.78, 5) is 17.3. The Morgan fingerprint density at radius 3 is 2.73 bits per heavy atom. The number of thiophene rings is 1. The Labute approximate surface area is 96.6 Å². The van der Waals surface area contributed by atoms with Crippen LogP contribution in [-0.2, 0) is 6.42 Å². The molecule has 0 amide bonds. The average molecular weight is 237 g/mol. The van der Waals surface area contributed by atoms with Gasteiger partial charge in [0, 0.05) is 15.8 Å². The molecule has 0 spiro atoms. The van der Waals surface area contributed by atoms with Crippen molar-refractivity contribution in [3.05, 3.63) is 38.0 Å². The standard InChI is InChI=1S/C11H11NOS2/c1-7-10(3-4-14-7)11(13)5-9-6-15-8(2)12-9/h3-4,6H,5H2,1-2H3. The van der Waals surface area contributed by atoms with Gasteiger partial charge < -0.3 is 0 Å². The number of carbonyl (C=O) groups is 1. The first kappa shape index (κ1) is 10.5. The topological polar surface area (TPSA) is 30.0 Å². The zero-order valence-electron chi connectivity index (χ0n) is 8.61. The van der Waals surface area contributed by atoms with Crippen molar-refractivity contribution in [2.24, 2.45) is 0 Å². The number of nitrogens with zero attached hydrogens (tertiary/aromatic N) is 1. The van der Waals surface area contributed by atoms with Gasteiger partial charge in [0.2, 0.25) is 0 Å². The first-order chi connectivity index (χ1) is 7.16. The SMILES string of the molecule is Cc1nc(CC(=O)c2ccsc2C)cs1. The van der Waals surface area contributed by atoms with Crippen LogP contribution >= 0.6 is 22.7 Å². The number of rotatable bonds is 3. The van der Waals surface area contributed by atoms with Crippen LogP contribution in [0.3, 0.4) is 0 Å². The van der Waals surface area contributed by atoms with Crippen LogP contribution in [0.1, 0.15) is 25.9 Å².